The number of pyridine rings is 1. The molecule has 0 aromatic carbocycles. The number of aryl methyl sites for hydroxylation is 1. The predicted molar refractivity (Wildman–Crippen MR) is 71.6 cm³/mol. The van der Waals surface area contributed by atoms with E-state index < -0.39 is 0 Å². The third-order valence-corrected chi connectivity index (χ3v) is 2.70. The molecule has 0 aliphatic heterocycles. The van der Waals surface area contributed by atoms with Crippen LogP contribution in [0.2, 0.25) is 0 Å². The summed E-state index contributed by atoms with van der Waals surface area (Å²) in [5, 5.41) is 2.81. The van der Waals surface area contributed by atoms with E-state index in [2.05, 4.69) is 10.3 Å². The molecular weight excluding hydrogens is 242 g/mol. The molecule has 2 rings (SSSR count). The molecule has 0 atom stereocenters. The van der Waals surface area contributed by atoms with Crippen LogP contribution in [-0.2, 0) is 13.0 Å². The number of nitrogens with two attached hydrogens (primary N) is 1. The summed E-state index contributed by atoms with van der Waals surface area (Å²) in [5.41, 5.74) is 6.88. The molecule has 0 saturated heterocycles. The Morgan fingerprint density at radius 2 is 2.26 bits per heavy atom. The summed E-state index contributed by atoms with van der Waals surface area (Å²) in [7, 11) is 0. The molecule has 100 valence electrons. The zero-order chi connectivity index (χ0) is 13.7. The number of hydrogen-bond donors (Lipinski definition) is 2. The lowest BCUT2D eigenvalue weighted by Gasteiger charge is -2.05. The topological polar surface area (TPSA) is 81.2 Å². The van der Waals surface area contributed by atoms with Crippen molar-refractivity contribution in [2.45, 2.75) is 19.9 Å². The van der Waals surface area contributed by atoms with Crippen LogP contribution in [-0.4, -0.2) is 17.4 Å². The molecule has 3 N–H and O–H groups in total. The summed E-state index contributed by atoms with van der Waals surface area (Å²) >= 11 is 0. The molecule has 0 saturated carbocycles. The number of carbonyl (C=O) groups excluding carboxylic acids is 1. The molecule has 0 fully saturated rings. The van der Waals surface area contributed by atoms with E-state index in [1.54, 1.807) is 18.3 Å². The highest BCUT2D eigenvalue weighted by Crippen LogP contribution is 2.07. The summed E-state index contributed by atoms with van der Waals surface area (Å²) in [6.45, 7) is 2.76. The predicted octanol–water partition coefficient (Wildman–Crippen LogP) is 1.41. The van der Waals surface area contributed by atoms with Crippen molar-refractivity contribution >= 4 is 5.91 Å². The van der Waals surface area contributed by atoms with E-state index in [9.17, 15) is 4.79 Å². The average molecular weight is 259 g/mol. The van der Waals surface area contributed by atoms with E-state index in [0.717, 1.165) is 17.2 Å². The van der Waals surface area contributed by atoms with Crippen LogP contribution in [0.3, 0.4) is 0 Å². The molecule has 0 aliphatic carbocycles. The average Bonchev–Trinajstić information content (AvgIpc) is 2.82. The third kappa shape index (κ3) is 3.66. The molecule has 0 aliphatic rings. The second kappa shape index (κ2) is 6.15. The molecule has 2 aromatic heterocycles. The minimum Gasteiger partial charge on any atom is -0.465 e. The summed E-state index contributed by atoms with van der Waals surface area (Å²) < 4.78 is 5.39. The highest BCUT2D eigenvalue weighted by atomic mass is 16.3. The van der Waals surface area contributed by atoms with Crippen molar-refractivity contribution in [1.29, 1.82) is 0 Å². The Labute approximate surface area is 111 Å². The molecule has 5 heteroatoms. The maximum atomic E-state index is 12.0. The number of rotatable bonds is 5. The van der Waals surface area contributed by atoms with E-state index in [4.69, 9.17) is 10.2 Å². The molecule has 2 heterocycles. The van der Waals surface area contributed by atoms with Crippen molar-refractivity contribution in [2.75, 3.05) is 6.54 Å². The van der Waals surface area contributed by atoms with Crippen LogP contribution >= 0.6 is 0 Å². The monoisotopic (exact) mass is 259 g/mol. The fourth-order valence-corrected chi connectivity index (χ4v) is 1.75. The van der Waals surface area contributed by atoms with Crippen LogP contribution in [0.5, 0.6) is 0 Å². The number of amides is 1. The van der Waals surface area contributed by atoms with Gasteiger partial charge in [-0.1, -0.05) is 0 Å². The molecule has 5 nitrogen and oxygen atoms in total. The van der Waals surface area contributed by atoms with Crippen molar-refractivity contribution in [3.05, 3.63) is 53.2 Å². The van der Waals surface area contributed by atoms with Crippen molar-refractivity contribution in [3.8, 4) is 0 Å². The van der Waals surface area contributed by atoms with Gasteiger partial charge < -0.3 is 15.5 Å². The van der Waals surface area contributed by atoms with Gasteiger partial charge in [-0.2, -0.15) is 0 Å². The second-order valence-corrected chi connectivity index (χ2v) is 4.27. The van der Waals surface area contributed by atoms with Gasteiger partial charge in [0.1, 0.15) is 11.5 Å². The van der Waals surface area contributed by atoms with E-state index in [1.807, 2.05) is 19.1 Å². The second-order valence-electron chi connectivity index (χ2n) is 4.27. The zero-order valence-corrected chi connectivity index (χ0v) is 10.8. The lowest BCUT2D eigenvalue weighted by molar-refractivity contribution is 0.0947. The Morgan fingerprint density at radius 3 is 2.95 bits per heavy atom. The zero-order valence-electron chi connectivity index (χ0n) is 10.8. The fourth-order valence-electron chi connectivity index (χ4n) is 1.75. The summed E-state index contributed by atoms with van der Waals surface area (Å²) in [4.78, 5) is 16.1. The molecule has 0 bridgehead atoms. The molecular formula is C14H17N3O2. The van der Waals surface area contributed by atoms with Gasteiger partial charge in [0.25, 0.3) is 5.91 Å². The fraction of sp³-hybridized carbons (Fsp3) is 0.286. The molecule has 1 amide bonds. The van der Waals surface area contributed by atoms with Gasteiger partial charge in [-0.3, -0.25) is 9.78 Å². The Morgan fingerprint density at radius 1 is 1.42 bits per heavy atom. The van der Waals surface area contributed by atoms with Gasteiger partial charge in [-0.25, -0.2) is 0 Å². The number of furan rings is 1. The molecule has 0 unspecified atom stereocenters. The number of nitrogens with zero attached hydrogens (tertiary/aromatic N) is 1. The van der Waals surface area contributed by atoms with Crippen LogP contribution in [0.25, 0.3) is 0 Å². The summed E-state index contributed by atoms with van der Waals surface area (Å²) in [5.74, 6) is 1.43. The first-order chi connectivity index (χ1) is 9.19. The van der Waals surface area contributed by atoms with Crippen LogP contribution < -0.4 is 11.1 Å². The Kier molecular flexibility index (Phi) is 4.30. The number of carbonyl (C=O) groups is 1. The third-order valence-electron chi connectivity index (χ3n) is 2.70. The van der Waals surface area contributed by atoms with Crippen molar-refractivity contribution < 1.29 is 9.21 Å². The van der Waals surface area contributed by atoms with Crippen molar-refractivity contribution in [3.63, 3.8) is 0 Å². The Balaban J connectivity index is 1.97. The molecule has 19 heavy (non-hydrogen) atoms. The van der Waals surface area contributed by atoms with E-state index in [1.165, 1.54) is 0 Å². The minimum atomic E-state index is -0.144. The minimum absolute atomic E-state index is 0.144. The van der Waals surface area contributed by atoms with Crippen molar-refractivity contribution in [2.24, 2.45) is 5.73 Å². The quantitative estimate of drug-likeness (QED) is 0.850. The van der Waals surface area contributed by atoms with Gasteiger partial charge in [0.2, 0.25) is 0 Å². The van der Waals surface area contributed by atoms with Crippen LogP contribution in [0.15, 0.2) is 34.9 Å². The normalized spacial score (nSPS) is 10.4. The van der Waals surface area contributed by atoms with E-state index in [0.29, 0.717) is 25.1 Å². The highest BCUT2D eigenvalue weighted by molar-refractivity contribution is 5.94. The van der Waals surface area contributed by atoms with Crippen LogP contribution in [0.4, 0.5) is 0 Å². The largest absolute Gasteiger partial charge is 0.465 e. The van der Waals surface area contributed by atoms with Crippen molar-refractivity contribution in [1.82, 2.24) is 10.3 Å². The summed E-state index contributed by atoms with van der Waals surface area (Å²) in [6, 6.07) is 7.16. The smallest absolute Gasteiger partial charge is 0.251 e. The molecule has 0 radical (unpaired) electrons. The standard InChI is InChI=1S/C14H17N3O2/c1-10-2-3-13(19-10)9-17-14(18)11-5-7-16-12(8-11)4-6-15/h2-3,5,7-8H,4,6,9,15H2,1H3,(H,17,18). The lowest BCUT2D eigenvalue weighted by Crippen LogP contribution is -2.22. The van der Waals surface area contributed by atoms with Gasteiger partial charge in [-0.15, -0.1) is 0 Å². The van der Waals surface area contributed by atoms with Gasteiger partial charge in [0, 0.05) is 23.9 Å². The molecule has 0 spiro atoms. The van der Waals surface area contributed by atoms with Crippen LogP contribution in [0, 0.1) is 6.92 Å². The van der Waals surface area contributed by atoms with Gasteiger partial charge in [0.05, 0.1) is 6.54 Å². The highest BCUT2D eigenvalue weighted by Gasteiger charge is 2.07. The van der Waals surface area contributed by atoms with Gasteiger partial charge >= 0.3 is 0 Å². The first kappa shape index (κ1) is 13.3. The lowest BCUT2D eigenvalue weighted by atomic mass is 10.2. The number of hydrogen-bond acceptors (Lipinski definition) is 4. The van der Waals surface area contributed by atoms with Gasteiger partial charge in [0.15, 0.2) is 0 Å². The number of nitrogens with one attached hydrogen (secondary N) is 1. The molecule has 2 aromatic rings. The maximum absolute atomic E-state index is 12.0. The maximum Gasteiger partial charge on any atom is 0.251 e. The van der Waals surface area contributed by atoms with Crippen LogP contribution in [0.1, 0.15) is 27.6 Å². The number of aromatic nitrogens is 1. The Bertz CT molecular complexity index is 563. The first-order valence-electron chi connectivity index (χ1n) is 6.17. The summed E-state index contributed by atoms with van der Waals surface area (Å²) in [6.07, 6.45) is 2.29. The van der Waals surface area contributed by atoms with E-state index in [-0.39, 0.29) is 5.91 Å². The SMILES string of the molecule is Cc1ccc(CNC(=O)c2ccnc(CCN)c2)o1. The Hall–Kier alpha value is -2.14. The van der Waals surface area contributed by atoms with E-state index >= 15 is 0 Å². The first-order valence-corrected chi connectivity index (χ1v) is 6.17. The van der Waals surface area contributed by atoms with Gasteiger partial charge in [-0.05, 0) is 37.7 Å².